The molecule has 1 unspecified atom stereocenters. The third-order valence-electron chi connectivity index (χ3n) is 3.70. The summed E-state index contributed by atoms with van der Waals surface area (Å²) in [6, 6.07) is 5.98. The zero-order chi connectivity index (χ0) is 13.3. The van der Waals surface area contributed by atoms with Crippen LogP contribution < -0.4 is 4.90 Å². The molecule has 0 aromatic heterocycles. The number of aliphatic hydroxyl groups excluding tert-OH is 1. The van der Waals surface area contributed by atoms with Crippen molar-refractivity contribution in [1.82, 2.24) is 0 Å². The summed E-state index contributed by atoms with van der Waals surface area (Å²) in [6.07, 6.45) is 2.00. The van der Waals surface area contributed by atoms with E-state index in [1.54, 1.807) is 6.92 Å². The molecule has 1 saturated heterocycles. The number of halogens is 1. The Morgan fingerprint density at radius 3 is 2.67 bits per heavy atom. The molecule has 0 aliphatic carbocycles. The number of rotatable bonds is 2. The minimum absolute atomic E-state index is 0.369. The van der Waals surface area contributed by atoms with Gasteiger partial charge in [0.15, 0.2) is 0 Å². The quantitative estimate of drug-likeness (QED) is 0.875. The Kier molecular flexibility index (Phi) is 3.88. The minimum Gasteiger partial charge on any atom is -0.389 e. The number of hydrogen-bond acceptors (Lipinski definition) is 2. The standard InChI is InChI=1S/C15H22ClNO/c1-11(18)13-6-5-12(9-14(13)16)17-8-4-7-15(2,3)10-17/h5-6,9,11,18H,4,7-8,10H2,1-3H3. The van der Waals surface area contributed by atoms with E-state index < -0.39 is 6.10 Å². The molecule has 100 valence electrons. The summed E-state index contributed by atoms with van der Waals surface area (Å²) in [7, 11) is 0. The molecule has 0 radical (unpaired) electrons. The molecule has 1 aromatic carbocycles. The molecular weight excluding hydrogens is 246 g/mol. The molecule has 1 heterocycles. The van der Waals surface area contributed by atoms with Gasteiger partial charge in [0.05, 0.1) is 6.10 Å². The van der Waals surface area contributed by atoms with Gasteiger partial charge in [-0.1, -0.05) is 31.5 Å². The van der Waals surface area contributed by atoms with E-state index in [2.05, 4.69) is 24.8 Å². The third-order valence-corrected chi connectivity index (χ3v) is 4.03. The van der Waals surface area contributed by atoms with E-state index in [0.29, 0.717) is 10.4 Å². The van der Waals surface area contributed by atoms with Crippen molar-refractivity contribution in [2.24, 2.45) is 5.41 Å². The van der Waals surface area contributed by atoms with Gasteiger partial charge in [-0.05, 0) is 42.9 Å². The number of benzene rings is 1. The molecule has 3 heteroatoms. The van der Waals surface area contributed by atoms with Gasteiger partial charge < -0.3 is 10.0 Å². The second-order valence-corrected chi connectivity index (χ2v) is 6.48. The van der Waals surface area contributed by atoms with Crippen LogP contribution in [0.5, 0.6) is 0 Å². The first-order chi connectivity index (χ1) is 8.39. The van der Waals surface area contributed by atoms with E-state index in [9.17, 15) is 5.11 Å². The van der Waals surface area contributed by atoms with Crippen LogP contribution in [0.3, 0.4) is 0 Å². The highest BCUT2D eigenvalue weighted by molar-refractivity contribution is 6.31. The predicted octanol–water partition coefficient (Wildman–Crippen LogP) is 4.02. The van der Waals surface area contributed by atoms with Gasteiger partial charge in [-0.15, -0.1) is 0 Å². The van der Waals surface area contributed by atoms with Crippen molar-refractivity contribution >= 4 is 17.3 Å². The zero-order valence-corrected chi connectivity index (χ0v) is 12.2. The Labute approximate surface area is 115 Å². The number of hydrogen-bond donors (Lipinski definition) is 1. The molecular formula is C15H22ClNO. The highest BCUT2D eigenvalue weighted by Crippen LogP contribution is 2.34. The molecule has 1 fully saturated rings. The van der Waals surface area contributed by atoms with E-state index in [1.807, 2.05) is 12.1 Å². The lowest BCUT2D eigenvalue weighted by Gasteiger charge is -2.39. The Hall–Kier alpha value is -0.730. The summed E-state index contributed by atoms with van der Waals surface area (Å²) < 4.78 is 0. The molecule has 18 heavy (non-hydrogen) atoms. The van der Waals surface area contributed by atoms with Crippen molar-refractivity contribution in [3.05, 3.63) is 28.8 Å². The Balaban J connectivity index is 2.21. The Bertz CT molecular complexity index is 429. The van der Waals surface area contributed by atoms with Gasteiger partial charge in [0, 0.05) is 23.8 Å². The van der Waals surface area contributed by atoms with Crippen molar-refractivity contribution in [2.75, 3.05) is 18.0 Å². The van der Waals surface area contributed by atoms with Crippen LogP contribution in [0.25, 0.3) is 0 Å². The molecule has 0 saturated carbocycles. The van der Waals surface area contributed by atoms with Crippen molar-refractivity contribution < 1.29 is 5.11 Å². The monoisotopic (exact) mass is 267 g/mol. The molecule has 0 amide bonds. The van der Waals surface area contributed by atoms with Crippen LogP contribution in [0.1, 0.15) is 45.3 Å². The van der Waals surface area contributed by atoms with Crippen LogP contribution >= 0.6 is 11.6 Å². The number of aliphatic hydroxyl groups is 1. The first-order valence-corrected chi connectivity index (χ1v) is 6.99. The second-order valence-electron chi connectivity index (χ2n) is 6.07. The van der Waals surface area contributed by atoms with E-state index in [4.69, 9.17) is 11.6 Å². The maximum Gasteiger partial charge on any atom is 0.0776 e. The lowest BCUT2D eigenvalue weighted by atomic mass is 9.84. The smallest absolute Gasteiger partial charge is 0.0776 e. The fourth-order valence-electron chi connectivity index (χ4n) is 2.70. The van der Waals surface area contributed by atoms with E-state index in [-0.39, 0.29) is 0 Å². The van der Waals surface area contributed by atoms with Gasteiger partial charge in [-0.25, -0.2) is 0 Å². The van der Waals surface area contributed by atoms with E-state index >= 15 is 0 Å². The van der Waals surface area contributed by atoms with Crippen molar-refractivity contribution in [3.8, 4) is 0 Å². The van der Waals surface area contributed by atoms with Gasteiger partial charge in [-0.3, -0.25) is 0 Å². The average molecular weight is 268 g/mol. The first kappa shape index (κ1) is 13.7. The zero-order valence-electron chi connectivity index (χ0n) is 11.4. The lowest BCUT2D eigenvalue weighted by molar-refractivity contribution is 0.199. The number of anilines is 1. The second kappa shape index (κ2) is 5.10. The topological polar surface area (TPSA) is 23.5 Å². The van der Waals surface area contributed by atoms with Crippen molar-refractivity contribution in [2.45, 2.75) is 39.7 Å². The summed E-state index contributed by atoms with van der Waals surface area (Å²) in [6.45, 7) is 8.52. The van der Waals surface area contributed by atoms with Crippen LogP contribution in [0.4, 0.5) is 5.69 Å². The molecule has 0 bridgehead atoms. The lowest BCUT2D eigenvalue weighted by Crippen LogP contribution is -2.40. The van der Waals surface area contributed by atoms with Gasteiger partial charge in [0.1, 0.15) is 0 Å². The predicted molar refractivity (Wildman–Crippen MR) is 77.3 cm³/mol. The SMILES string of the molecule is CC(O)c1ccc(N2CCCC(C)(C)C2)cc1Cl. The van der Waals surface area contributed by atoms with Gasteiger partial charge in [-0.2, -0.15) is 0 Å². The largest absolute Gasteiger partial charge is 0.389 e. The maximum atomic E-state index is 9.59. The van der Waals surface area contributed by atoms with Gasteiger partial charge in [0.2, 0.25) is 0 Å². The number of piperidine rings is 1. The van der Waals surface area contributed by atoms with Crippen LogP contribution in [-0.4, -0.2) is 18.2 Å². The highest BCUT2D eigenvalue weighted by Gasteiger charge is 2.26. The average Bonchev–Trinajstić information content (AvgIpc) is 2.27. The molecule has 1 N–H and O–H groups in total. The van der Waals surface area contributed by atoms with E-state index in [1.165, 1.54) is 12.8 Å². The van der Waals surface area contributed by atoms with Gasteiger partial charge in [0.25, 0.3) is 0 Å². The molecule has 2 nitrogen and oxygen atoms in total. The van der Waals surface area contributed by atoms with Crippen LogP contribution in [0, 0.1) is 5.41 Å². The minimum atomic E-state index is -0.510. The first-order valence-electron chi connectivity index (χ1n) is 6.61. The molecule has 1 aliphatic heterocycles. The molecule has 1 aliphatic rings. The van der Waals surface area contributed by atoms with Crippen LogP contribution in [0.15, 0.2) is 18.2 Å². The Morgan fingerprint density at radius 2 is 2.11 bits per heavy atom. The third kappa shape index (κ3) is 2.99. The summed E-state index contributed by atoms with van der Waals surface area (Å²) in [4.78, 5) is 2.39. The summed E-state index contributed by atoms with van der Waals surface area (Å²) in [5, 5.41) is 10.2. The van der Waals surface area contributed by atoms with E-state index in [0.717, 1.165) is 24.3 Å². The maximum absolute atomic E-state index is 9.59. The molecule has 1 aromatic rings. The Morgan fingerprint density at radius 1 is 1.39 bits per heavy atom. The number of nitrogens with zero attached hydrogens (tertiary/aromatic N) is 1. The van der Waals surface area contributed by atoms with Crippen LogP contribution in [-0.2, 0) is 0 Å². The fourth-order valence-corrected chi connectivity index (χ4v) is 3.03. The summed E-state index contributed by atoms with van der Waals surface area (Å²) in [5.74, 6) is 0. The van der Waals surface area contributed by atoms with Crippen LogP contribution in [0.2, 0.25) is 5.02 Å². The van der Waals surface area contributed by atoms with Crippen molar-refractivity contribution in [3.63, 3.8) is 0 Å². The summed E-state index contributed by atoms with van der Waals surface area (Å²) >= 11 is 6.23. The fraction of sp³-hybridized carbons (Fsp3) is 0.600. The molecule has 0 spiro atoms. The summed E-state index contributed by atoms with van der Waals surface area (Å²) in [5.41, 5.74) is 2.34. The normalized spacial score (nSPS) is 20.8. The molecule has 1 atom stereocenters. The van der Waals surface area contributed by atoms with Crippen molar-refractivity contribution in [1.29, 1.82) is 0 Å². The highest BCUT2D eigenvalue weighted by atomic mass is 35.5. The molecule has 2 rings (SSSR count). The van der Waals surface area contributed by atoms with Gasteiger partial charge >= 0.3 is 0 Å².